The van der Waals surface area contributed by atoms with Crippen LogP contribution in [0.15, 0.2) is 30.5 Å². The molecule has 0 radical (unpaired) electrons. The SMILES string of the molecule is O=C1CC(c2ncc(Cl)s2)C(c2ccccc2F)C(=O)N1. The first kappa shape index (κ1) is 14.2. The first-order chi connectivity index (χ1) is 10.1. The van der Waals surface area contributed by atoms with Gasteiger partial charge in [0.1, 0.15) is 10.2 Å². The zero-order chi connectivity index (χ0) is 15.0. The Morgan fingerprint density at radius 2 is 2.10 bits per heavy atom. The minimum Gasteiger partial charge on any atom is -0.296 e. The number of benzene rings is 1. The summed E-state index contributed by atoms with van der Waals surface area (Å²) in [5.74, 6) is -2.65. The Kier molecular flexibility index (Phi) is 3.73. The second-order valence-electron chi connectivity index (χ2n) is 4.72. The van der Waals surface area contributed by atoms with Crippen LogP contribution < -0.4 is 5.32 Å². The Bertz CT molecular complexity index is 719. The lowest BCUT2D eigenvalue weighted by Crippen LogP contribution is -2.43. The van der Waals surface area contributed by atoms with Crippen molar-refractivity contribution in [3.05, 3.63) is 51.2 Å². The van der Waals surface area contributed by atoms with Crippen LogP contribution in [0.3, 0.4) is 0 Å². The monoisotopic (exact) mass is 324 g/mol. The molecule has 2 amide bonds. The molecule has 0 saturated carbocycles. The Morgan fingerprint density at radius 1 is 1.33 bits per heavy atom. The molecule has 0 aliphatic carbocycles. The number of nitrogens with zero attached hydrogens (tertiary/aromatic N) is 1. The summed E-state index contributed by atoms with van der Waals surface area (Å²) in [5.41, 5.74) is 0.263. The van der Waals surface area contributed by atoms with Gasteiger partial charge in [0.15, 0.2) is 0 Å². The first-order valence-electron chi connectivity index (χ1n) is 6.25. The minimum absolute atomic E-state index is 0.0780. The van der Waals surface area contributed by atoms with Gasteiger partial charge in [-0.2, -0.15) is 0 Å². The molecule has 1 N–H and O–H groups in total. The van der Waals surface area contributed by atoms with Gasteiger partial charge in [-0.25, -0.2) is 9.37 Å². The van der Waals surface area contributed by atoms with Crippen LogP contribution in [0.1, 0.15) is 28.8 Å². The van der Waals surface area contributed by atoms with Crippen LogP contribution in [0.4, 0.5) is 4.39 Å². The third kappa shape index (κ3) is 2.69. The normalized spacial score (nSPS) is 22.2. The molecule has 2 unspecified atom stereocenters. The Balaban J connectivity index is 2.07. The molecule has 21 heavy (non-hydrogen) atoms. The van der Waals surface area contributed by atoms with Gasteiger partial charge in [-0.1, -0.05) is 29.8 Å². The molecule has 2 heterocycles. The Hall–Kier alpha value is -1.79. The average Bonchev–Trinajstić information content (AvgIpc) is 2.86. The summed E-state index contributed by atoms with van der Waals surface area (Å²) in [4.78, 5) is 28.0. The first-order valence-corrected chi connectivity index (χ1v) is 7.45. The second kappa shape index (κ2) is 5.54. The van der Waals surface area contributed by atoms with Gasteiger partial charge in [0, 0.05) is 17.9 Å². The fourth-order valence-electron chi connectivity index (χ4n) is 2.52. The van der Waals surface area contributed by atoms with Gasteiger partial charge in [0.25, 0.3) is 0 Å². The number of nitrogens with one attached hydrogen (secondary N) is 1. The summed E-state index contributed by atoms with van der Waals surface area (Å²) >= 11 is 7.08. The number of imide groups is 1. The number of carbonyl (C=O) groups is 2. The molecule has 108 valence electrons. The summed E-state index contributed by atoms with van der Waals surface area (Å²) in [6.07, 6.45) is 1.55. The number of rotatable bonds is 2. The highest BCUT2D eigenvalue weighted by Crippen LogP contribution is 2.41. The van der Waals surface area contributed by atoms with E-state index in [0.717, 1.165) is 0 Å². The standard InChI is InChI=1S/C14H10ClFN2O2S/c15-10-6-17-14(21-10)8-5-11(19)18-13(20)12(8)7-3-1-2-4-9(7)16/h1-4,6,8,12H,5H2,(H,18,19,20). The highest BCUT2D eigenvalue weighted by molar-refractivity contribution is 7.15. The van der Waals surface area contributed by atoms with Gasteiger partial charge < -0.3 is 0 Å². The molecule has 1 saturated heterocycles. The van der Waals surface area contributed by atoms with Crippen molar-refractivity contribution >= 4 is 34.8 Å². The highest BCUT2D eigenvalue weighted by Gasteiger charge is 2.40. The van der Waals surface area contributed by atoms with Crippen LogP contribution in [-0.4, -0.2) is 16.8 Å². The van der Waals surface area contributed by atoms with E-state index in [0.29, 0.717) is 9.34 Å². The molecular formula is C14H10ClFN2O2S. The molecule has 7 heteroatoms. The Morgan fingerprint density at radius 3 is 2.76 bits per heavy atom. The summed E-state index contributed by atoms with van der Waals surface area (Å²) in [6, 6.07) is 6.07. The van der Waals surface area contributed by atoms with Crippen LogP contribution >= 0.6 is 22.9 Å². The van der Waals surface area contributed by atoms with Crippen molar-refractivity contribution in [2.24, 2.45) is 0 Å². The molecule has 1 aliphatic heterocycles. The molecule has 3 rings (SSSR count). The number of halogens is 2. The van der Waals surface area contributed by atoms with Crippen LogP contribution in [0.25, 0.3) is 0 Å². The van der Waals surface area contributed by atoms with E-state index >= 15 is 0 Å². The highest BCUT2D eigenvalue weighted by atomic mass is 35.5. The second-order valence-corrected chi connectivity index (χ2v) is 6.42. The molecule has 1 aliphatic rings. The molecule has 4 nitrogen and oxygen atoms in total. The van der Waals surface area contributed by atoms with Crippen molar-refractivity contribution in [1.29, 1.82) is 0 Å². The lowest BCUT2D eigenvalue weighted by atomic mass is 9.80. The molecule has 0 bridgehead atoms. The van der Waals surface area contributed by atoms with Crippen molar-refractivity contribution in [1.82, 2.24) is 10.3 Å². The van der Waals surface area contributed by atoms with Crippen molar-refractivity contribution < 1.29 is 14.0 Å². The molecule has 1 aromatic carbocycles. The lowest BCUT2D eigenvalue weighted by Gasteiger charge is -2.29. The predicted molar refractivity (Wildman–Crippen MR) is 76.8 cm³/mol. The van der Waals surface area contributed by atoms with E-state index in [1.807, 2.05) is 0 Å². The summed E-state index contributed by atoms with van der Waals surface area (Å²) in [7, 11) is 0. The van der Waals surface area contributed by atoms with Crippen molar-refractivity contribution in [3.8, 4) is 0 Å². The number of carbonyl (C=O) groups excluding carboxylic acids is 2. The smallest absolute Gasteiger partial charge is 0.234 e. The van der Waals surface area contributed by atoms with Gasteiger partial charge in [0.05, 0.1) is 17.1 Å². The maximum absolute atomic E-state index is 14.0. The molecule has 0 spiro atoms. The van der Waals surface area contributed by atoms with Gasteiger partial charge in [-0.3, -0.25) is 14.9 Å². The van der Waals surface area contributed by atoms with Crippen LogP contribution in [0.2, 0.25) is 4.34 Å². The van der Waals surface area contributed by atoms with E-state index in [9.17, 15) is 14.0 Å². The van der Waals surface area contributed by atoms with Crippen LogP contribution in [0, 0.1) is 5.82 Å². The van der Waals surface area contributed by atoms with Crippen molar-refractivity contribution in [3.63, 3.8) is 0 Å². The fraction of sp³-hybridized carbons (Fsp3) is 0.214. The number of piperidine rings is 1. The molecule has 2 aromatic rings. The maximum atomic E-state index is 14.0. The van der Waals surface area contributed by atoms with Gasteiger partial charge in [0.2, 0.25) is 11.8 Å². The zero-order valence-corrected chi connectivity index (χ0v) is 12.2. The van der Waals surface area contributed by atoms with Gasteiger partial charge in [-0.05, 0) is 6.07 Å². The average molecular weight is 325 g/mol. The van der Waals surface area contributed by atoms with Gasteiger partial charge in [-0.15, -0.1) is 11.3 Å². The lowest BCUT2D eigenvalue weighted by molar-refractivity contribution is -0.135. The van der Waals surface area contributed by atoms with Gasteiger partial charge >= 0.3 is 0 Å². The largest absolute Gasteiger partial charge is 0.296 e. The maximum Gasteiger partial charge on any atom is 0.234 e. The predicted octanol–water partition coefficient (Wildman–Crippen LogP) is 2.85. The summed E-state index contributed by atoms with van der Waals surface area (Å²) in [6.45, 7) is 0. The van der Waals surface area contributed by atoms with Crippen molar-refractivity contribution in [2.45, 2.75) is 18.3 Å². The number of hydrogen-bond acceptors (Lipinski definition) is 4. The number of thiazole rings is 1. The summed E-state index contributed by atoms with van der Waals surface area (Å²) in [5, 5.41) is 2.83. The minimum atomic E-state index is -0.786. The third-order valence-electron chi connectivity index (χ3n) is 3.41. The Labute approximate surface area is 129 Å². The number of amides is 2. The molecule has 1 aromatic heterocycles. The van der Waals surface area contributed by atoms with E-state index in [4.69, 9.17) is 11.6 Å². The van der Waals surface area contributed by atoms with Crippen LogP contribution in [0.5, 0.6) is 0 Å². The van der Waals surface area contributed by atoms with E-state index in [-0.39, 0.29) is 17.9 Å². The van der Waals surface area contributed by atoms with Crippen molar-refractivity contribution in [2.75, 3.05) is 0 Å². The van der Waals surface area contributed by atoms with E-state index in [2.05, 4.69) is 10.3 Å². The third-order valence-corrected chi connectivity index (χ3v) is 4.65. The number of hydrogen-bond donors (Lipinski definition) is 1. The fourth-order valence-corrected chi connectivity index (χ4v) is 3.59. The van der Waals surface area contributed by atoms with E-state index in [1.54, 1.807) is 18.2 Å². The number of aromatic nitrogens is 1. The molecule has 2 atom stereocenters. The van der Waals surface area contributed by atoms with Crippen LogP contribution in [-0.2, 0) is 9.59 Å². The zero-order valence-electron chi connectivity index (χ0n) is 10.7. The van der Waals surface area contributed by atoms with E-state index in [1.165, 1.54) is 23.6 Å². The topological polar surface area (TPSA) is 59.1 Å². The molecule has 1 fully saturated rings. The van der Waals surface area contributed by atoms with E-state index < -0.39 is 23.6 Å². The quantitative estimate of drug-likeness (QED) is 0.864. The molecular weight excluding hydrogens is 315 g/mol. The summed E-state index contributed by atoms with van der Waals surface area (Å²) < 4.78 is 14.5.